The Kier molecular flexibility index (Phi) is 31.7. The zero-order chi connectivity index (χ0) is 63.6. The van der Waals surface area contributed by atoms with E-state index in [4.69, 9.17) is 52.1 Å². The van der Waals surface area contributed by atoms with Crippen LogP contribution in [0.5, 0.6) is 11.5 Å². The van der Waals surface area contributed by atoms with Gasteiger partial charge in [0.15, 0.2) is 19.7 Å². The summed E-state index contributed by atoms with van der Waals surface area (Å²) >= 11 is 0. The highest BCUT2D eigenvalue weighted by molar-refractivity contribution is 7.91. The molecular formula is C68H98N4O17S2. The number of rotatable bonds is 46. The molecule has 4 aromatic rings. The number of benzene rings is 4. The molecule has 2 fully saturated rings. The number of carbonyl (C=O) groups is 2. The molecule has 0 saturated carbocycles. The molecular weight excluding hydrogens is 1210 g/mol. The summed E-state index contributed by atoms with van der Waals surface area (Å²) in [6.45, 7) is 11.1. The molecule has 504 valence electrons. The van der Waals surface area contributed by atoms with Crippen molar-refractivity contribution in [2.75, 3.05) is 170 Å². The molecule has 0 bridgehead atoms. The minimum absolute atomic E-state index is 0.0282. The molecule has 0 radical (unpaired) electrons. The number of piperidine rings is 2. The number of hydrogen-bond acceptors (Lipinski definition) is 19. The summed E-state index contributed by atoms with van der Waals surface area (Å²) in [7, 11) is -6.97. The molecule has 2 heterocycles. The summed E-state index contributed by atoms with van der Waals surface area (Å²) in [6, 6.07) is 31.1. The van der Waals surface area contributed by atoms with Crippen LogP contribution in [0.4, 0.5) is 0 Å². The second-order valence-electron chi connectivity index (χ2n) is 23.2. The summed E-state index contributed by atoms with van der Waals surface area (Å²) in [5.41, 5.74) is 5.07. The van der Waals surface area contributed by atoms with Gasteiger partial charge in [-0.05, 0) is 148 Å². The van der Waals surface area contributed by atoms with Gasteiger partial charge in [-0.1, -0.05) is 61.4 Å². The quantitative estimate of drug-likeness (QED) is 0.0427. The Bertz CT molecular complexity index is 2750. The van der Waals surface area contributed by atoms with Gasteiger partial charge in [0.05, 0.1) is 139 Å². The highest BCUT2D eigenvalue weighted by Gasteiger charge is 2.40. The number of sulfone groups is 2. The summed E-state index contributed by atoms with van der Waals surface area (Å²) in [5.74, 6) is 0.985. The molecule has 2 aliphatic carbocycles. The molecule has 2 amide bonds. The molecule has 0 aromatic heterocycles. The first-order chi connectivity index (χ1) is 44.5. The van der Waals surface area contributed by atoms with Crippen LogP contribution >= 0.6 is 0 Å². The smallest absolute Gasteiger partial charge is 0.222 e. The van der Waals surface area contributed by atoms with E-state index in [-0.39, 0.29) is 96.7 Å². The van der Waals surface area contributed by atoms with Crippen LogP contribution in [0.2, 0.25) is 0 Å². The average Bonchev–Trinajstić information content (AvgIpc) is 1.71. The van der Waals surface area contributed by atoms with Gasteiger partial charge in [0.25, 0.3) is 0 Å². The van der Waals surface area contributed by atoms with Crippen LogP contribution in [0.15, 0.2) is 107 Å². The van der Waals surface area contributed by atoms with Gasteiger partial charge in [0.2, 0.25) is 11.8 Å². The van der Waals surface area contributed by atoms with Gasteiger partial charge in [-0.25, -0.2) is 16.8 Å². The van der Waals surface area contributed by atoms with E-state index in [1.54, 1.807) is 48.5 Å². The molecule has 2 saturated heterocycles. The molecule has 2 N–H and O–H groups in total. The first kappa shape index (κ1) is 71.7. The lowest BCUT2D eigenvalue weighted by molar-refractivity contribution is -0.123. The Labute approximate surface area is 539 Å². The van der Waals surface area contributed by atoms with Crippen LogP contribution in [-0.2, 0) is 84.7 Å². The Morgan fingerprint density at radius 1 is 0.385 bits per heavy atom. The maximum Gasteiger partial charge on any atom is 0.222 e. The van der Waals surface area contributed by atoms with Crippen LogP contribution in [-0.4, -0.2) is 220 Å². The van der Waals surface area contributed by atoms with Crippen molar-refractivity contribution < 1.29 is 78.5 Å². The van der Waals surface area contributed by atoms with Gasteiger partial charge in [-0.15, -0.1) is 0 Å². The molecule has 4 atom stereocenters. The highest BCUT2D eigenvalue weighted by Crippen LogP contribution is 2.41. The monoisotopic (exact) mass is 1310 g/mol. The van der Waals surface area contributed by atoms with Crippen molar-refractivity contribution in [2.24, 2.45) is 0 Å². The van der Waals surface area contributed by atoms with Crippen LogP contribution in [0.3, 0.4) is 0 Å². The van der Waals surface area contributed by atoms with Gasteiger partial charge in [-0.3, -0.25) is 19.4 Å². The van der Waals surface area contributed by atoms with E-state index in [0.29, 0.717) is 130 Å². The molecule has 8 rings (SSSR count). The van der Waals surface area contributed by atoms with E-state index in [1.165, 1.54) is 60.8 Å². The van der Waals surface area contributed by atoms with E-state index < -0.39 is 19.7 Å². The third-order valence-corrected chi connectivity index (χ3v) is 20.2. The van der Waals surface area contributed by atoms with Crippen molar-refractivity contribution in [3.8, 4) is 11.5 Å². The van der Waals surface area contributed by atoms with Crippen molar-refractivity contribution in [1.29, 1.82) is 0 Å². The van der Waals surface area contributed by atoms with E-state index in [2.05, 4.69) is 69.0 Å². The lowest BCUT2D eigenvalue weighted by Crippen LogP contribution is -2.43. The molecule has 4 aromatic carbocycles. The van der Waals surface area contributed by atoms with Gasteiger partial charge in [-0.2, -0.15) is 0 Å². The number of ether oxygens (including phenoxy) is 11. The molecule has 21 nitrogen and oxygen atoms in total. The van der Waals surface area contributed by atoms with Crippen LogP contribution < -0.4 is 20.1 Å². The SMILES string of the molecule is O=C(CCOCCOCCOCCOCCOCCC(=O)NCCOCCOCCCS(=O)(=O)c1ccc(O[C@H]2c3ccccc3C[C@@H]2N2CCCCC2)cc1)NCCOCCOCCCS(=O)(=O)c1ccc(O[C@H]2c3ccccc3C[C@@H]2N2CCCCC2)cc1. The number of nitrogens with one attached hydrogen (secondary N) is 2. The number of amides is 2. The first-order valence-electron chi connectivity index (χ1n) is 32.9. The second-order valence-corrected chi connectivity index (χ2v) is 27.4. The molecule has 0 spiro atoms. The predicted molar refractivity (Wildman–Crippen MR) is 344 cm³/mol. The molecule has 23 heteroatoms. The predicted octanol–water partition coefficient (Wildman–Crippen LogP) is 6.94. The number of nitrogens with zero attached hydrogens (tertiary/aromatic N) is 2. The first-order valence-corrected chi connectivity index (χ1v) is 36.2. The topological polar surface area (TPSA) is 234 Å². The van der Waals surface area contributed by atoms with Crippen molar-refractivity contribution in [1.82, 2.24) is 20.4 Å². The van der Waals surface area contributed by atoms with Crippen molar-refractivity contribution >= 4 is 31.5 Å². The summed E-state index contributed by atoms with van der Waals surface area (Å²) < 4.78 is 115. The average molecular weight is 1310 g/mol. The normalized spacial score (nSPS) is 18.6. The Balaban J connectivity index is 0.513. The second kappa shape index (κ2) is 40.2. The molecule has 91 heavy (non-hydrogen) atoms. The summed E-state index contributed by atoms with van der Waals surface area (Å²) in [5, 5.41) is 5.59. The Morgan fingerprint density at radius 2 is 0.703 bits per heavy atom. The van der Waals surface area contributed by atoms with Crippen molar-refractivity contribution in [3.05, 3.63) is 119 Å². The van der Waals surface area contributed by atoms with Gasteiger partial charge >= 0.3 is 0 Å². The van der Waals surface area contributed by atoms with Crippen molar-refractivity contribution in [2.45, 2.75) is 111 Å². The van der Waals surface area contributed by atoms with E-state index in [0.717, 1.165) is 39.0 Å². The number of hydrogen-bond donors (Lipinski definition) is 2. The van der Waals surface area contributed by atoms with E-state index in [1.807, 2.05) is 0 Å². The van der Waals surface area contributed by atoms with Gasteiger partial charge in [0.1, 0.15) is 23.7 Å². The van der Waals surface area contributed by atoms with Gasteiger partial charge in [0, 0.05) is 39.1 Å². The minimum atomic E-state index is -3.49. The number of carbonyl (C=O) groups excluding carboxylic acids is 2. The van der Waals surface area contributed by atoms with E-state index >= 15 is 0 Å². The Morgan fingerprint density at radius 3 is 1.07 bits per heavy atom. The fourth-order valence-corrected chi connectivity index (χ4v) is 14.4. The zero-order valence-corrected chi connectivity index (χ0v) is 54.7. The lowest BCUT2D eigenvalue weighted by Gasteiger charge is -2.35. The number of likely N-dealkylation sites (tertiary alicyclic amines) is 2. The standard InChI is InChI=1S/C68H98N4O17S2/c73-65(69-27-37-83-43-39-79-33-11-51-90(75,76)59-21-17-57(18-22-59)88-67-61-15-5-3-13-55(61)53-63(67)71-29-7-1-8-30-71)25-35-81-41-45-85-47-49-87-50-48-86-46-42-82-36-26-66(74)70-28-38-84-44-40-80-34-12-52-91(77,78)60-23-19-58(20-24-60)89-68-62-16-6-4-14-56(62)54-64(68)72-31-9-2-10-32-72/h3-6,13-24,63-64,67-68H,1-2,7-12,25-54H2,(H,69,73)(H,70,74)/t63-,64-,67-,68-/m0/s1. The van der Waals surface area contributed by atoms with Crippen LogP contribution in [0.1, 0.15) is 98.7 Å². The fourth-order valence-electron chi connectivity index (χ4n) is 11.8. The van der Waals surface area contributed by atoms with Crippen LogP contribution in [0.25, 0.3) is 0 Å². The molecule has 0 unspecified atom stereocenters. The maximum absolute atomic E-state index is 13.1. The highest BCUT2D eigenvalue weighted by atomic mass is 32.2. The fraction of sp³-hybridized carbons (Fsp3) is 0.618. The largest absolute Gasteiger partial charge is 0.484 e. The van der Waals surface area contributed by atoms with Gasteiger partial charge < -0.3 is 62.7 Å². The third-order valence-electron chi connectivity index (χ3n) is 16.6. The molecule has 4 aliphatic rings. The number of fused-ring (bicyclic) bond motifs is 2. The summed E-state index contributed by atoms with van der Waals surface area (Å²) in [4.78, 5) is 29.9. The zero-order valence-electron chi connectivity index (χ0n) is 53.1. The Hall–Kier alpha value is -5.12. The third kappa shape index (κ3) is 24.9. The van der Waals surface area contributed by atoms with Crippen LogP contribution in [0, 0.1) is 0 Å². The lowest BCUT2D eigenvalue weighted by atomic mass is 10.0. The minimum Gasteiger partial charge on any atom is -0.484 e. The maximum atomic E-state index is 13.1. The van der Waals surface area contributed by atoms with E-state index in [9.17, 15) is 26.4 Å². The molecule has 2 aliphatic heterocycles. The summed E-state index contributed by atoms with van der Waals surface area (Å²) in [6.07, 6.45) is 10.2. The van der Waals surface area contributed by atoms with Crippen molar-refractivity contribution in [3.63, 3.8) is 0 Å².